The van der Waals surface area contributed by atoms with Crippen LogP contribution in [0.1, 0.15) is 24.2 Å². The molecule has 2 fully saturated rings. The van der Waals surface area contributed by atoms with Crippen molar-refractivity contribution in [3.63, 3.8) is 0 Å². The number of rotatable bonds is 3. The number of anilines is 2. The maximum absolute atomic E-state index is 13.2. The van der Waals surface area contributed by atoms with Gasteiger partial charge in [-0.1, -0.05) is 12.1 Å². The summed E-state index contributed by atoms with van der Waals surface area (Å²) in [6.45, 7) is 8.68. The summed E-state index contributed by atoms with van der Waals surface area (Å²) in [6.07, 6.45) is 3.54. The minimum absolute atomic E-state index is 0.0872. The molecule has 2 aliphatic rings. The molecule has 0 unspecified atom stereocenters. The summed E-state index contributed by atoms with van der Waals surface area (Å²) in [4.78, 5) is 38.0. The van der Waals surface area contributed by atoms with Crippen LogP contribution in [0.3, 0.4) is 0 Å². The first-order valence-electron chi connectivity index (χ1n) is 11.4. The van der Waals surface area contributed by atoms with E-state index in [-0.39, 0.29) is 11.8 Å². The van der Waals surface area contributed by atoms with E-state index in [2.05, 4.69) is 24.8 Å². The maximum atomic E-state index is 13.2. The number of para-hydroxylation sites is 2. The minimum Gasteiger partial charge on any atom is -0.352 e. The number of carbonyl (C=O) groups excluding carboxylic acids is 1. The third-order valence-corrected chi connectivity index (χ3v) is 6.45. The summed E-state index contributed by atoms with van der Waals surface area (Å²) in [6, 6.07) is 9.90. The molecule has 1 amide bonds. The number of nitrogens with zero attached hydrogens (tertiary/aromatic N) is 7. The lowest BCUT2D eigenvalue weighted by molar-refractivity contribution is -0.136. The van der Waals surface area contributed by atoms with Gasteiger partial charge < -0.3 is 14.7 Å². The first kappa shape index (κ1) is 20.6. The Labute approximate surface area is 188 Å². The Morgan fingerprint density at radius 2 is 1.50 bits per heavy atom. The van der Waals surface area contributed by atoms with Gasteiger partial charge in [0.05, 0.1) is 17.2 Å². The molecule has 0 saturated carbocycles. The lowest BCUT2D eigenvalue weighted by Crippen LogP contribution is -2.52. The van der Waals surface area contributed by atoms with Gasteiger partial charge in [-0.15, -0.1) is 0 Å². The molecule has 0 atom stereocenters. The van der Waals surface area contributed by atoms with Crippen LogP contribution in [-0.2, 0) is 4.79 Å². The van der Waals surface area contributed by atoms with Crippen LogP contribution >= 0.6 is 0 Å². The predicted octanol–water partition coefficient (Wildman–Crippen LogP) is 2.60. The van der Waals surface area contributed by atoms with Gasteiger partial charge >= 0.3 is 0 Å². The van der Waals surface area contributed by atoms with Gasteiger partial charge in [-0.3, -0.25) is 9.78 Å². The molecule has 3 aromatic rings. The van der Waals surface area contributed by atoms with Crippen molar-refractivity contribution in [1.29, 1.82) is 0 Å². The van der Waals surface area contributed by atoms with Gasteiger partial charge in [0.1, 0.15) is 5.82 Å². The second kappa shape index (κ2) is 8.68. The van der Waals surface area contributed by atoms with E-state index in [0.717, 1.165) is 86.3 Å². The molecule has 32 heavy (non-hydrogen) atoms. The van der Waals surface area contributed by atoms with E-state index in [0.29, 0.717) is 0 Å². The molecule has 0 spiro atoms. The highest BCUT2D eigenvalue weighted by Crippen LogP contribution is 2.24. The van der Waals surface area contributed by atoms with Crippen molar-refractivity contribution in [2.75, 3.05) is 49.1 Å². The molecule has 166 valence electrons. The van der Waals surface area contributed by atoms with Gasteiger partial charge in [-0.05, 0) is 44.9 Å². The van der Waals surface area contributed by atoms with Crippen LogP contribution in [0.4, 0.5) is 11.8 Å². The highest BCUT2D eigenvalue weighted by Gasteiger charge is 2.31. The Morgan fingerprint density at radius 1 is 0.844 bits per heavy atom. The fourth-order valence-corrected chi connectivity index (χ4v) is 4.69. The number of piperazine rings is 1. The number of amides is 1. The lowest BCUT2D eigenvalue weighted by Gasteiger charge is -2.39. The highest BCUT2D eigenvalue weighted by molar-refractivity contribution is 5.79. The lowest BCUT2D eigenvalue weighted by atomic mass is 9.95. The smallest absolute Gasteiger partial charge is 0.225 e. The van der Waals surface area contributed by atoms with E-state index < -0.39 is 0 Å². The van der Waals surface area contributed by atoms with Gasteiger partial charge in [0.15, 0.2) is 0 Å². The average Bonchev–Trinajstić information content (AvgIpc) is 2.83. The molecule has 0 radical (unpaired) electrons. The zero-order valence-electron chi connectivity index (χ0n) is 18.7. The summed E-state index contributed by atoms with van der Waals surface area (Å²) in [5.74, 6) is 2.05. The normalized spacial score (nSPS) is 17.8. The summed E-state index contributed by atoms with van der Waals surface area (Å²) in [7, 11) is 0. The van der Waals surface area contributed by atoms with E-state index in [1.54, 1.807) is 0 Å². The molecule has 2 aromatic heterocycles. The third-order valence-electron chi connectivity index (χ3n) is 6.45. The number of piperidine rings is 1. The standard InChI is InChI=1S/C24H29N7O/c1-17-15-18(2)27-24(26-17)31-9-7-19(8-10-31)23(32)30-13-11-29(12-14-30)22-16-25-20-5-3-4-6-21(20)28-22/h3-6,15-16,19H,7-14H2,1-2H3. The van der Waals surface area contributed by atoms with Crippen molar-refractivity contribution < 1.29 is 4.79 Å². The van der Waals surface area contributed by atoms with Gasteiger partial charge in [0.2, 0.25) is 11.9 Å². The fourth-order valence-electron chi connectivity index (χ4n) is 4.69. The molecular formula is C24H29N7O. The number of benzene rings is 1. The number of aryl methyl sites for hydroxylation is 2. The van der Waals surface area contributed by atoms with Gasteiger partial charge in [0.25, 0.3) is 0 Å². The van der Waals surface area contributed by atoms with Crippen molar-refractivity contribution >= 4 is 28.7 Å². The van der Waals surface area contributed by atoms with Gasteiger partial charge in [-0.2, -0.15) is 0 Å². The molecule has 1 aromatic carbocycles. The zero-order valence-corrected chi connectivity index (χ0v) is 18.7. The first-order valence-corrected chi connectivity index (χ1v) is 11.4. The summed E-state index contributed by atoms with van der Waals surface area (Å²) in [5.41, 5.74) is 3.78. The SMILES string of the molecule is Cc1cc(C)nc(N2CCC(C(=O)N3CCN(c4cnc5ccccc5n4)CC3)CC2)n1. The van der Waals surface area contributed by atoms with E-state index in [1.165, 1.54) is 0 Å². The van der Waals surface area contributed by atoms with Crippen LogP contribution in [0.5, 0.6) is 0 Å². The van der Waals surface area contributed by atoms with E-state index in [1.807, 2.05) is 55.3 Å². The van der Waals surface area contributed by atoms with Crippen LogP contribution in [0.25, 0.3) is 11.0 Å². The Bertz CT molecular complexity index is 1100. The topological polar surface area (TPSA) is 78.4 Å². The third kappa shape index (κ3) is 4.22. The molecular weight excluding hydrogens is 402 g/mol. The Balaban J connectivity index is 1.16. The Hall–Kier alpha value is -3.29. The van der Waals surface area contributed by atoms with Gasteiger partial charge in [-0.25, -0.2) is 15.0 Å². The monoisotopic (exact) mass is 431 g/mol. The number of fused-ring (bicyclic) bond motifs is 1. The minimum atomic E-state index is 0.0872. The number of hydrogen-bond acceptors (Lipinski definition) is 7. The molecule has 2 aliphatic heterocycles. The van der Waals surface area contributed by atoms with Crippen molar-refractivity contribution in [2.45, 2.75) is 26.7 Å². The zero-order chi connectivity index (χ0) is 22.1. The van der Waals surface area contributed by atoms with Crippen molar-refractivity contribution in [3.05, 3.63) is 47.9 Å². The van der Waals surface area contributed by atoms with Crippen LogP contribution < -0.4 is 9.80 Å². The maximum Gasteiger partial charge on any atom is 0.225 e. The Morgan fingerprint density at radius 3 is 2.19 bits per heavy atom. The molecule has 0 bridgehead atoms. The average molecular weight is 432 g/mol. The summed E-state index contributed by atoms with van der Waals surface area (Å²) >= 11 is 0. The number of hydrogen-bond donors (Lipinski definition) is 0. The molecule has 0 aliphatic carbocycles. The van der Waals surface area contributed by atoms with Crippen molar-refractivity contribution in [3.8, 4) is 0 Å². The molecule has 2 saturated heterocycles. The van der Waals surface area contributed by atoms with E-state index in [4.69, 9.17) is 4.98 Å². The first-order chi connectivity index (χ1) is 15.6. The van der Waals surface area contributed by atoms with Crippen molar-refractivity contribution in [1.82, 2.24) is 24.8 Å². The number of aromatic nitrogens is 4. The number of carbonyl (C=O) groups is 1. The second-order valence-corrected chi connectivity index (χ2v) is 8.74. The molecule has 8 nitrogen and oxygen atoms in total. The van der Waals surface area contributed by atoms with E-state index in [9.17, 15) is 4.79 Å². The Kier molecular flexibility index (Phi) is 5.59. The van der Waals surface area contributed by atoms with Crippen molar-refractivity contribution in [2.24, 2.45) is 5.92 Å². The molecule has 8 heteroatoms. The highest BCUT2D eigenvalue weighted by atomic mass is 16.2. The molecule has 4 heterocycles. The largest absolute Gasteiger partial charge is 0.352 e. The summed E-state index contributed by atoms with van der Waals surface area (Å²) in [5, 5.41) is 0. The summed E-state index contributed by atoms with van der Waals surface area (Å²) < 4.78 is 0. The second-order valence-electron chi connectivity index (χ2n) is 8.74. The van der Waals surface area contributed by atoms with Crippen LogP contribution in [0.15, 0.2) is 36.5 Å². The van der Waals surface area contributed by atoms with Crippen LogP contribution in [0, 0.1) is 19.8 Å². The predicted molar refractivity (Wildman–Crippen MR) is 125 cm³/mol. The van der Waals surface area contributed by atoms with Gasteiger partial charge in [0, 0.05) is 56.6 Å². The molecule has 5 rings (SSSR count). The van der Waals surface area contributed by atoms with E-state index >= 15 is 0 Å². The quantitative estimate of drug-likeness (QED) is 0.631. The fraction of sp³-hybridized carbons (Fsp3) is 0.458. The molecule has 0 N–H and O–H groups in total. The van der Waals surface area contributed by atoms with Crippen LogP contribution in [-0.4, -0.2) is 70.0 Å². The van der Waals surface area contributed by atoms with Crippen LogP contribution in [0.2, 0.25) is 0 Å².